The van der Waals surface area contributed by atoms with Crippen molar-refractivity contribution in [2.75, 3.05) is 11.5 Å². The van der Waals surface area contributed by atoms with Gasteiger partial charge in [0.15, 0.2) is 9.84 Å². The van der Waals surface area contributed by atoms with E-state index in [0.717, 1.165) is 19.3 Å². The number of nitrogens with zero attached hydrogens (tertiary/aromatic N) is 2. The molecule has 5 nitrogen and oxygen atoms in total. The van der Waals surface area contributed by atoms with Gasteiger partial charge in [-0.3, -0.25) is 4.68 Å². The molecule has 0 spiro atoms. The van der Waals surface area contributed by atoms with Crippen molar-refractivity contribution in [3.63, 3.8) is 0 Å². The van der Waals surface area contributed by atoms with Crippen molar-refractivity contribution >= 4 is 15.5 Å². The Kier molecular flexibility index (Phi) is 2.68. The number of nitrogens with two attached hydrogens (primary N) is 1. The van der Waals surface area contributed by atoms with Crippen molar-refractivity contribution in [3.05, 3.63) is 12.4 Å². The van der Waals surface area contributed by atoms with Crippen molar-refractivity contribution < 1.29 is 8.42 Å². The zero-order valence-electron chi connectivity index (χ0n) is 8.46. The SMILES string of the molecule is Nc1cnn(CC2CCCCS2(=O)=O)c1. The normalized spacial score (nSPS) is 25.2. The molecule has 1 unspecified atom stereocenters. The summed E-state index contributed by atoms with van der Waals surface area (Å²) in [7, 11) is -2.91. The fourth-order valence-corrected chi connectivity index (χ4v) is 3.76. The summed E-state index contributed by atoms with van der Waals surface area (Å²) in [5.74, 6) is 0.314. The van der Waals surface area contributed by atoms with E-state index in [1.807, 2.05) is 0 Å². The van der Waals surface area contributed by atoms with Crippen LogP contribution in [-0.2, 0) is 16.4 Å². The molecular weight excluding hydrogens is 214 g/mol. The lowest BCUT2D eigenvalue weighted by molar-refractivity contribution is 0.490. The predicted octanol–water partition coefficient (Wildman–Crippen LogP) is 0.433. The van der Waals surface area contributed by atoms with Gasteiger partial charge in [-0.1, -0.05) is 6.42 Å². The number of hydrogen-bond acceptors (Lipinski definition) is 4. The molecule has 1 aliphatic heterocycles. The number of aromatic nitrogens is 2. The van der Waals surface area contributed by atoms with Crippen molar-refractivity contribution in [1.82, 2.24) is 9.78 Å². The van der Waals surface area contributed by atoms with E-state index < -0.39 is 9.84 Å². The minimum Gasteiger partial charge on any atom is -0.396 e. The zero-order chi connectivity index (χ0) is 10.9. The summed E-state index contributed by atoms with van der Waals surface area (Å²) in [5.41, 5.74) is 6.09. The third-order valence-corrected chi connectivity index (χ3v) is 5.01. The van der Waals surface area contributed by atoms with Gasteiger partial charge >= 0.3 is 0 Å². The minimum atomic E-state index is -2.91. The quantitative estimate of drug-likeness (QED) is 0.797. The lowest BCUT2D eigenvalue weighted by Gasteiger charge is -2.21. The van der Waals surface area contributed by atoms with Gasteiger partial charge in [-0.2, -0.15) is 5.10 Å². The topological polar surface area (TPSA) is 78.0 Å². The summed E-state index contributed by atoms with van der Waals surface area (Å²) in [5, 5.41) is 3.72. The van der Waals surface area contributed by atoms with Gasteiger partial charge in [0.2, 0.25) is 0 Å². The number of sulfone groups is 1. The molecule has 1 aromatic heterocycles. The van der Waals surface area contributed by atoms with Crippen molar-refractivity contribution in [2.45, 2.75) is 31.1 Å². The molecule has 1 aliphatic rings. The van der Waals surface area contributed by atoms with E-state index in [1.54, 1.807) is 10.9 Å². The average molecular weight is 229 g/mol. The molecule has 0 bridgehead atoms. The van der Waals surface area contributed by atoms with Crippen LogP contribution < -0.4 is 5.73 Å². The summed E-state index contributed by atoms with van der Waals surface area (Å²) in [4.78, 5) is 0. The van der Waals surface area contributed by atoms with E-state index in [9.17, 15) is 8.42 Å². The van der Waals surface area contributed by atoms with Crippen LogP contribution in [0, 0.1) is 0 Å². The second kappa shape index (κ2) is 3.84. The molecule has 1 fully saturated rings. The lowest BCUT2D eigenvalue weighted by atomic mass is 10.2. The fourth-order valence-electron chi connectivity index (χ4n) is 1.91. The highest BCUT2D eigenvalue weighted by molar-refractivity contribution is 7.92. The maximum Gasteiger partial charge on any atom is 0.154 e. The predicted molar refractivity (Wildman–Crippen MR) is 58.1 cm³/mol. The van der Waals surface area contributed by atoms with E-state index in [2.05, 4.69) is 5.10 Å². The second-order valence-electron chi connectivity index (χ2n) is 3.98. The number of hydrogen-bond donors (Lipinski definition) is 1. The summed E-state index contributed by atoms with van der Waals surface area (Å²) >= 11 is 0. The Morgan fingerprint density at radius 3 is 2.93 bits per heavy atom. The number of nitrogen functional groups attached to an aromatic ring is 1. The van der Waals surface area contributed by atoms with Crippen LogP contribution in [0.4, 0.5) is 5.69 Å². The van der Waals surface area contributed by atoms with Gasteiger partial charge in [0.05, 0.1) is 29.4 Å². The number of anilines is 1. The van der Waals surface area contributed by atoms with E-state index in [4.69, 9.17) is 5.73 Å². The first-order valence-electron chi connectivity index (χ1n) is 5.07. The maximum absolute atomic E-state index is 11.7. The maximum atomic E-state index is 11.7. The molecule has 0 aliphatic carbocycles. The molecule has 0 saturated carbocycles. The first-order valence-corrected chi connectivity index (χ1v) is 6.79. The molecule has 15 heavy (non-hydrogen) atoms. The van der Waals surface area contributed by atoms with Crippen LogP contribution in [0.25, 0.3) is 0 Å². The molecule has 2 N–H and O–H groups in total. The van der Waals surface area contributed by atoms with Crippen molar-refractivity contribution in [3.8, 4) is 0 Å². The highest BCUT2D eigenvalue weighted by atomic mass is 32.2. The van der Waals surface area contributed by atoms with Crippen LogP contribution in [-0.4, -0.2) is 29.2 Å². The Hall–Kier alpha value is -1.04. The van der Waals surface area contributed by atoms with Gasteiger partial charge < -0.3 is 5.73 Å². The molecule has 0 aromatic carbocycles. The van der Waals surface area contributed by atoms with Crippen LogP contribution in [0.2, 0.25) is 0 Å². The smallest absolute Gasteiger partial charge is 0.154 e. The Bertz CT molecular complexity index is 438. The van der Waals surface area contributed by atoms with Crippen LogP contribution >= 0.6 is 0 Å². The molecule has 2 rings (SSSR count). The highest BCUT2D eigenvalue weighted by Gasteiger charge is 2.29. The zero-order valence-corrected chi connectivity index (χ0v) is 9.28. The van der Waals surface area contributed by atoms with E-state index in [-0.39, 0.29) is 5.25 Å². The third-order valence-electron chi connectivity index (χ3n) is 2.76. The first-order chi connectivity index (χ1) is 7.08. The highest BCUT2D eigenvalue weighted by Crippen LogP contribution is 2.20. The molecule has 0 radical (unpaired) electrons. The van der Waals surface area contributed by atoms with Gasteiger partial charge in [0.1, 0.15) is 0 Å². The largest absolute Gasteiger partial charge is 0.396 e. The third kappa shape index (κ3) is 2.31. The molecule has 1 atom stereocenters. The van der Waals surface area contributed by atoms with Gasteiger partial charge in [-0.05, 0) is 12.8 Å². The average Bonchev–Trinajstić information content (AvgIpc) is 2.55. The first kappa shape index (κ1) is 10.5. The molecule has 2 heterocycles. The number of rotatable bonds is 2. The van der Waals surface area contributed by atoms with Gasteiger partial charge in [-0.15, -0.1) is 0 Å². The van der Waals surface area contributed by atoms with E-state index in [1.165, 1.54) is 6.20 Å². The summed E-state index contributed by atoms with van der Waals surface area (Å²) in [6.07, 6.45) is 5.72. The Balaban J connectivity index is 2.11. The summed E-state index contributed by atoms with van der Waals surface area (Å²) < 4.78 is 25.1. The fraction of sp³-hybridized carbons (Fsp3) is 0.667. The summed E-state index contributed by atoms with van der Waals surface area (Å²) in [6, 6.07) is 0. The monoisotopic (exact) mass is 229 g/mol. The molecule has 0 amide bonds. The van der Waals surface area contributed by atoms with Crippen LogP contribution in [0.1, 0.15) is 19.3 Å². The molecular formula is C9H15N3O2S. The standard InChI is InChI=1S/C9H15N3O2S/c10-8-5-11-12(6-8)7-9-3-1-2-4-15(9,13)14/h5-6,9H,1-4,7,10H2. The lowest BCUT2D eigenvalue weighted by Crippen LogP contribution is -2.32. The molecule has 6 heteroatoms. The van der Waals surface area contributed by atoms with Crippen LogP contribution in [0.5, 0.6) is 0 Å². The van der Waals surface area contributed by atoms with Crippen LogP contribution in [0.3, 0.4) is 0 Å². The molecule has 84 valence electrons. The van der Waals surface area contributed by atoms with Crippen LogP contribution in [0.15, 0.2) is 12.4 Å². The second-order valence-corrected chi connectivity index (χ2v) is 6.38. The van der Waals surface area contributed by atoms with E-state index in [0.29, 0.717) is 18.0 Å². The van der Waals surface area contributed by atoms with Gasteiger partial charge in [-0.25, -0.2) is 8.42 Å². The van der Waals surface area contributed by atoms with E-state index >= 15 is 0 Å². The minimum absolute atomic E-state index is 0.287. The van der Waals surface area contributed by atoms with Gasteiger partial charge in [0.25, 0.3) is 0 Å². The Morgan fingerprint density at radius 1 is 1.53 bits per heavy atom. The molecule has 1 aromatic rings. The molecule has 1 saturated heterocycles. The van der Waals surface area contributed by atoms with Crippen molar-refractivity contribution in [1.29, 1.82) is 0 Å². The Labute approximate surface area is 89.2 Å². The van der Waals surface area contributed by atoms with Crippen molar-refractivity contribution in [2.24, 2.45) is 0 Å². The Morgan fingerprint density at radius 2 is 2.33 bits per heavy atom. The summed E-state index contributed by atoms with van der Waals surface area (Å²) in [6.45, 7) is 0.430. The van der Waals surface area contributed by atoms with Gasteiger partial charge in [0, 0.05) is 6.20 Å².